The van der Waals surface area contributed by atoms with Crippen LogP contribution in [0.1, 0.15) is 21.5 Å². The maximum atomic E-state index is 13.8. The van der Waals surface area contributed by atoms with Gasteiger partial charge in [0.25, 0.3) is 0 Å². The fourth-order valence-electron chi connectivity index (χ4n) is 2.46. The van der Waals surface area contributed by atoms with Crippen molar-refractivity contribution in [2.24, 2.45) is 0 Å². The number of hydrogen-bond donors (Lipinski definition) is 0. The van der Waals surface area contributed by atoms with Crippen molar-refractivity contribution in [2.45, 2.75) is 11.8 Å². The Morgan fingerprint density at radius 1 is 1.08 bits per heavy atom. The van der Waals surface area contributed by atoms with E-state index < -0.39 is 45.9 Å². The molecule has 25 heavy (non-hydrogen) atoms. The summed E-state index contributed by atoms with van der Waals surface area (Å²) < 4.78 is 73.6. The predicted octanol–water partition coefficient (Wildman–Crippen LogP) is 5.18. The lowest BCUT2D eigenvalue weighted by Crippen LogP contribution is -2.38. The molecular weight excluding hydrogens is 413 g/mol. The van der Waals surface area contributed by atoms with Gasteiger partial charge in [-0.1, -0.05) is 15.9 Å². The zero-order valence-electron chi connectivity index (χ0n) is 11.9. The third kappa shape index (κ3) is 2.48. The molecule has 0 unspecified atom stereocenters. The molecule has 0 amide bonds. The van der Waals surface area contributed by atoms with Gasteiger partial charge >= 0.3 is 11.8 Å². The lowest BCUT2D eigenvalue weighted by atomic mass is 10.0. The molecule has 0 spiro atoms. The first-order valence-electron chi connectivity index (χ1n) is 6.61. The van der Waals surface area contributed by atoms with Gasteiger partial charge in [-0.05, 0) is 24.3 Å². The molecule has 3 nitrogen and oxygen atoms in total. The first-order valence-corrected chi connectivity index (χ1v) is 7.41. The van der Waals surface area contributed by atoms with Gasteiger partial charge in [0.2, 0.25) is 5.78 Å². The second-order valence-electron chi connectivity index (χ2n) is 5.16. The highest BCUT2D eigenvalue weighted by Crippen LogP contribution is 2.53. The Morgan fingerprint density at radius 2 is 1.76 bits per heavy atom. The van der Waals surface area contributed by atoms with Crippen LogP contribution in [0, 0.1) is 17.1 Å². The summed E-state index contributed by atoms with van der Waals surface area (Å²) >= 11 is 3.01. The summed E-state index contributed by atoms with van der Waals surface area (Å²) in [5.41, 5.74) is -3.10. The second-order valence-corrected chi connectivity index (χ2v) is 6.07. The molecule has 1 aliphatic rings. The summed E-state index contributed by atoms with van der Waals surface area (Å²) in [6, 6.07) is 6.25. The molecule has 0 saturated carbocycles. The number of alkyl halides is 4. The summed E-state index contributed by atoms with van der Waals surface area (Å²) in [6.07, 6.45) is 0. The Balaban J connectivity index is 2.16. The van der Waals surface area contributed by atoms with E-state index in [0.717, 1.165) is 18.2 Å². The minimum absolute atomic E-state index is 0.118. The van der Waals surface area contributed by atoms with E-state index in [-0.39, 0.29) is 10.2 Å². The number of carbonyl (C=O) groups is 1. The fraction of sp³-hybridized carbons (Fsp3) is 0.125. The number of Topliss-reactive ketones (excluding diaryl/α,β-unsaturated/α-hetero) is 1. The highest BCUT2D eigenvalue weighted by Gasteiger charge is 2.69. The monoisotopic (exact) mass is 417 g/mol. The predicted molar refractivity (Wildman–Crippen MR) is 78.5 cm³/mol. The third-order valence-electron chi connectivity index (χ3n) is 3.59. The smallest absolute Gasteiger partial charge is 0.376 e. The molecule has 1 aliphatic carbocycles. The maximum absolute atomic E-state index is 13.8. The summed E-state index contributed by atoms with van der Waals surface area (Å²) in [5.74, 6) is -13.1. The maximum Gasteiger partial charge on any atom is 0.376 e. The van der Waals surface area contributed by atoms with Gasteiger partial charge in [0.15, 0.2) is 0 Å². The first-order chi connectivity index (χ1) is 11.6. The van der Waals surface area contributed by atoms with Crippen molar-refractivity contribution in [1.82, 2.24) is 0 Å². The molecule has 0 bridgehead atoms. The first kappa shape index (κ1) is 17.4. The van der Waals surface area contributed by atoms with E-state index in [1.165, 1.54) is 12.1 Å². The van der Waals surface area contributed by atoms with Crippen LogP contribution >= 0.6 is 15.9 Å². The average molecular weight is 418 g/mol. The molecule has 0 radical (unpaired) electrons. The van der Waals surface area contributed by atoms with Crippen LogP contribution < -0.4 is 4.74 Å². The van der Waals surface area contributed by atoms with Crippen LogP contribution in [0.25, 0.3) is 0 Å². The van der Waals surface area contributed by atoms with Crippen molar-refractivity contribution in [3.63, 3.8) is 0 Å². The normalized spacial score (nSPS) is 17.1. The van der Waals surface area contributed by atoms with E-state index in [4.69, 9.17) is 4.74 Å². The van der Waals surface area contributed by atoms with E-state index in [1.54, 1.807) is 0 Å². The molecule has 0 atom stereocenters. The van der Waals surface area contributed by atoms with Gasteiger partial charge < -0.3 is 4.74 Å². The number of hydrogen-bond acceptors (Lipinski definition) is 3. The van der Waals surface area contributed by atoms with E-state index in [1.807, 2.05) is 0 Å². The number of fused-ring (bicyclic) bond motifs is 1. The van der Waals surface area contributed by atoms with Crippen molar-refractivity contribution < 1.29 is 31.5 Å². The van der Waals surface area contributed by atoms with Crippen LogP contribution in [-0.2, 0) is 5.92 Å². The topological polar surface area (TPSA) is 50.1 Å². The Morgan fingerprint density at radius 3 is 2.36 bits per heavy atom. The third-order valence-corrected chi connectivity index (χ3v) is 4.05. The van der Waals surface area contributed by atoms with Gasteiger partial charge in [-0.15, -0.1) is 0 Å². The van der Waals surface area contributed by atoms with Gasteiger partial charge in [-0.2, -0.15) is 22.8 Å². The van der Waals surface area contributed by atoms with Gasteiger partial charge in [0.1, 0.15) is 28.9 Å². The Bertz CT molecular complexity index is 932. The Labute approximate surface area is 145 Å². The zero-order chi connectivity index (χ0) is 18.6. The fourth-order valence-corrected chi connectivity index (χ4v) is 2.90. The summed E-state index contributed by atoms with van der Waals surface area (Å²) in [7, 11) is 0. The van der Waals surface area contributed by atoms with Crippen molar-refractivity contribution in [3.8, 4) is 17.6 Å². The molecule has 3 rings (SSSR count). The zero-order valence-corrected chi connectivity index (χ0v) is 13.5. The number of ether oxygens (including phenoxy) is 1. The number of carbonyl (C=O) groups excluding carboxylic acids is 1. The van der Waals surface area contributed by atoms with Crippen LogP contribution in [-0.4, -0.2) is 11.7 Å². The van der Waals surface area contributed by atoms with Crippen molar-refractivity contribution in [2.75, 3.05) is 0 Å². The molecule has 0 N–H and O–H groups in total. The number of benzene rings is 2. The summed E-state index contributed by atoms with van der Waals surface area (Å²) in [4.78, 5) is 11.7. The lowest BCUT2D eigenvalue weighted by molar-refractivity contribution is -0.176. The molecule has 0 aliphatic heterocycles. The number of nitrogens with zero attached hydrogens (tertiary/aromatic N) is 1. The van der Waals surface area contributed by atoms with E-state index in [0.29, 0.717) is 6.07 Å². The SMILES string of the molecule is N#Cc1c(Oc2cc(F)cc(Br)c2)ccc2c1C(=O)C(F)(F)C2(F)F. The minimum atomic E-state index is -4.96. The molecule has 2 aromatic rings. The van der Waals surface area contributed by atoms with Crippen LogP contribution in [0.4, 0.5) is 22.0 Å². The molecule has 0 saturated heterocycles. The van der Waals surface area contributed by atoms with Gasteiger partial charge in [-0.3, -0.25) is 4.79 Å². The number of ketones is 1. The van der Waals surface area contributed by atoms with Gasteiger partial charge in [0, 0.05) is 16.1 Å². The molecule has 0 aromatic heterocycles. The quantitative estimate of drug-likeness (QED) is 0.632. The standard InChI is InChI=1S/C16H5BrF5NO2/c17-7-3-8(18)5-9(4-7)25-12-2-1-11-13(10(12)6-23)14(24)16(21,22)15(11,19)20/h1-5H. The van der Waals surface area contributed by atoms with Crippen molar-refractivity contribution in [3.05, 3.63) is 57.3 Å². The highest BCUT2D eigenvalue weighted by atomic mass is 79.9. The molecule has 0 fully saturated rings. The van der Waals surface area contributed by atoms with E-state index in [2.05, 4.69) is 15.9 Å². The second kappa shape index (κ2) is 5.52. The van der Waals surface area contributed by atoms with Crippen LogP contribution in [0.5, 0.6) is 11.5 Å². The van der Waals surface area contributed by atoms with Crippen LogP contribution in [0.3, 0.4) is 0 Å². The lowest BCUT2D eigenvalue weighted by Gasteiger charge is -2.17. The molecular formula is C16H5BrF5NO2. The molecule has 9 heteroatoms. The Hall–Kier alpha value is -2.47. The summed E-state index contributed by atoms with van der Waals surface area (Å²) in [6.45, 7) is 0. The summed E-state index contributed by atoms with van der Waals surface area (Å²) in [5, 5.41) is 9.17. The number of rotatable bonds is 2. The Kier molecular flexibility index (Phi) is 3.84. The number of halogens is 6. The van der Waals surface area contributed by atoms with Gasteiger partial charge in [-0.25, -0.2) is 4.39 Å². The van der Waals surface area contributed by atoms with Crippen LogP contribution in [0.15, 0.2) is 34.8 Å². The average Bonchev–Trinajstić information content (AvgIpc) is 2.64. The largest absolute Gasteiger partial charge is 0.456 e. The van der Waals surface area contributed by atoms with Gasteiger partial charge in [0.05, 0.1) is 5.56 Å². The van der Waals surface area contributed by atoms with E-state index in [9.17, 15) is 32.0 Å². The minimum Gasteiger partial charge on any atom is -0.456 e. The van der Waals surface area contributed by atoms with E-state index >= 15 is 0 Å². The number of nitriles is 1. The highest BCUT2D eigenvalue weighted by molar-refractivity contribution is 9.10. The van der Waals surface area contributed by atoms with Crippen molar-refractivity contribution in [1.29, 1.82) is 5.26 Å². The molecule has 2 aromatic carbocycles. The van der Waals surface area contributed by atoms with Crippen molar-refractivity contribution >= 4 is 21.7 Å². The molecule has 128 valence electrons. The molecule has 0 heterocycles. The van der Waals surface area contributed by atoms with Crippen LogP contribution in [0.2, 0.25) is 0 Å².